The number of carboxylic acids is 1. The molecule has 0 bridgehead atoms. The number of aromatic carboxylic acids is 1. The molecule has 0 spiro atoms. The number of anilines is 1. The number of nitrogens with zero attached hydrogens (tertiary/aromatic N) is 3. The molecule has 9 nitrogen and oxygen atoms in total. The van der Waals surface area contributed by atoms with Crippen molar-refractivity contribution in [3.05, 3.63) is 52.6 Å². The van der Waals surface area contributed by atoms with Crippen LogP contribution in [0.4, 0.5) is 5.69 Å². The van der Waals surface area contributed by atoms with Crippen LogP contribution in [0.1, 0.15) is 68.9 Å². The van der Waals surface area contributed by atoms with Crippen LogP contribution in [0, 0.1) is 5.92 Å². The number of rotatable bonds is 9. The molecule has 1 fully saturated rings. The highest BCUT2D eigenvalue weighted by Crippen LogP contribution is 2.47. The normalized spacial score (nSPS) is 21.2. The van der Waals surface area contributed by atoms with Crippen molar-refractivity contribution in [3.63, 3.8) is 0 Å². The third-order valence-electron chi connectivity index (χ3n) is 6.73. The molecule has 0 radical (unpaired) electrons. The molecule has 1 aromatic rings. The molecule has 0 amide bonds. The Bertz CT molecular complexity index is 1050. The van der Waals surface area contributed by atoms with Crippen molar-refractivity contribution >= 4 is 23.6 Å². The van der Waals surface area contributed by atoms with Crippen LogP contribution in [-0.4, -0.2) is 60.1 Å². The molecule has 0 aliphatic carbocycles. The average Bonchev–Trinajstić information content (AvgIpc) is 3.27. The summed E-state index contributed by atoms with van der Waals surface area (Å²) in [5.74, 6) is 0.332. The van der Waals surface area contributed by atoms with Gasteiger partial charge in [-0.25, -0.2) is 14.8 Å². The van der Waals surface area contributed by atoms with Crippen LogP contribution in [0.2, 0.25) is 0 Å². The Morgan fingerprint density at radius 1 is 1.17 bits per heavy atom. The third-order valence-corrected chi connectivity index (χ3v) is 6.73. The van der Waals surface area contributed by atoms with E-state index in [4.69, 9.17) is 11.5 Å². The lowest BCUT2D eigenvalue weighted by Gasteiger charge is -2.40. The van der Waals surface area contributed by atoms with Gasteiger partial charge < -0.3 is 32.1 Å². The molecular weight excluding hydrogens is 454 g/mol. The minimum Gasteiger partial charge on any atom is -0.478 e. The summed E-state index contributed by atoms with van der Waals surface area (Å²) >= 11 is 0. The predicted octanol–water partition coefficient (Wildman–Crippen LogP) is 3.47. The summed E-state index contributed by atoms with van der Waals surface area (Å²) in [5, 5.41) is 16.5. The molecule has 0 unspecified atom stereocenters. The van der Waals surface area contributed by atoms with Crippen molar-refractivity contribution in [1.82, 2.24) is 10.2 Å². The van der Waals surface area contributed by atoms with Crippen molar-refractivity contribution in [2.45, 2.75) is 59.0 Å². The highest BCUT2D eigenvalue weighted by Gasteiger charge is 2.44. The number of aliphatic imine (C=N–C) groups is 2. The van der Waals surface area contributed by atoms with Gasteiger partial charge in [0.25, 0.3) is 0 Å². The maximum atomic E-state index is 11.7. The summed E-state index contributed by atoms with van der Waals surface area (Å²) in [6.07, 6.45) is 6.90. The van der Waals surface area contributed by atoms with Crippen molar-refractivity contribution in [2.24, 2.45) is 27.4 Å². The minimum atomic E-state index is -0.930. The van der Waals surface area contributed by atoms with Crippen LogP contribution in [-0.2, 0) is 0 Å². The second-order valence-corrected chi connectivity index (χ2v) is 10.0. The number of fused-ring (bicyclic) bond motifs is 3. The smallest absolute Gasteiger partial charge is 0.335 e. The van der Waals surface area contributed by atoms with Gasteiger partial charge in [0.1, 0.15) is 0 Å². The maximum Gasteiger partial charge on any atom is 0.335 e. The standard InChI is InChI=1S/C27H41N7O2/c1-17(2)9-13-31-26(28)30-12-5-6-22-20-11-15-34(27(29)32-14-10-18(3)4)24(20)21-16-19(25(35)36)7-8-23(21)33-22/h7-10,16,20,22,24,33H,5-6,11-15H2,1-4H3,(H2,29,32)(H,35,36)(H3,28,30,31)/t20-,22+,24-/m0/s1. The van der Waals surface area contributed by atoms with Crippen LogP contribution in [0.15, 0.2) is 51.5 Å². The zero-order chi connectivity index (χ0) is 26.2. The van der Waals surface area contributed by atoms with Gasteiger partial charge in [0, 0.05) is 30.7 Å². The van der Waals surface area contributed by atoms with Crippen LogP contribution in [0.25, 0.3) is 0 Å². The van der Waals surface area contributed by atoms with Gasteiger partial charge in [0.15, 0.2) is 11.9 Å². The SMILES string of the molecule is CC(C)=CCN=C(N)NCCC[C@H]1Nc2ccc(C(=O)O)cc2[C@@H]2[C@H]1CCN2C(N)=NCC=C(C)C. The van der Waals surface area contributed by atoms with E-state index in [1.165, 1.54) is 11.1 Å². The van der Waals surface area contributed by atoms with Gasteiger partial charge in [-0.1, -0.05) is 23.3 Å². The Balaban J connectivity index is 1.74. The van der Waals surface area contributed by atoms with Crippen LogP contribution in [0.3, 0.4) is 0 Å². The summed E-state index contributed by atoms with van der Waals surface area (Å²) in [7, 11) is 0. The number of benzene rings is 1. The van der Waals surface area contributed by atoms with E-state index >= 15 is 0 Å². The molecule has 9 heteroatoms. The summed E-state index contributed by atoms with van der Waals surface area (Å²) in [5.41, 5.74) is 17.1. The fourth-order valence-corrected chi connectivity index (χ4v) is 4.89. The Kier molecular flexibility index (Phi) is 9.38. The van der Waals surface area contributed by atoms with Gasteiger partial charge >= 0.3 is 5.97 Å². The monoisotopic (exact) mass is 495 g/mol. The minimum absolute atomic E-state index is 0.00957. The number of likely N-dealkylation sites (tertiary alicyclic amines) is 1. The number of guanidine groups is 2. The summed E-state index contributed by atoms with van der Waals surface area (Å²) in [4.78, 5) is 22.7. The fourth-order valence-electron chi connectivity index (χ4n) is 4.89. The zero-order valence-corrected chi connectivity index (χ0v) is 21.9. The first-order chi connectivity index (χ1) is 17.2. The largest absolute Gasteiger partial charge is 0.478 e. The van der Waals surface area contributed by atoms with E-state index < -0.39 is 5.97 Å². The fraction of sp³-hybridized carbons (Fsp3) is 0.519. The summed E-state index contributed by atoms with van der Waals surface area (Å²) in [6.45, 7) is 10.8. The molecule has 3 rings (SSSR count). The van der Waals surface area contributed by atoms with E-state index in [0.717, 1.165) is 43.6 Å². The first kappa shape index (κ1) is 27.1. The Hall–Kier alpha value is -3.49. The van der Waals surface area contributed by atoms with E-state index in [2.05, 4.69) is 25.5 Å². The molecule has 1 aromatic carbocycles. The maximum absolute atomic E-state index is 11.7. The Morgan fingerprint density at radius 2 is 1.86 bits per heavy atom. The van der Waals surface area contributed by atoms with E-state index in [1.807, 2.05) is 45.9 Å². The predicted molar refractivity (Wildman–Crippen MR) is 147 cm³/mol. The molecular formula is C27H41N7O2. The first-order valence-corrected chi connectivity index (χ1v) is 12.7. The van der Waals surface area contributed by atoms with Crippen LogP contribution < -0.4 is 22.1 Å². The van der Waals surface area contributed by atoms with Gasteiger partial charge in [-0.2, -0.15) is 0 Å². The number of hydrogen-bond acceptors (Lipinski definition) is 4. The number of carboxylic acid groups (broad SMARTS) is 1. The summed E-state index contributed by atoms with van der Waals surface area (Å²) < 4.78 is 0. The quantitative estimate of drug-likeness (QED) is 0.153. The number of nitrogens with one attached hydrogen (secondary N) is 2. The molecule has 2 aliphatic rings. The molecule has 0 saturated carbocycles. The molecule has 196 valence electrons. The van der Waals surface area contributed by atoms with Crippen LogP contribution >= 0.6 is 0 Å². The molecule has 7 N–H and O–H groups in total. The van der Waals surface area contributed by atoms with E-state index in [1.54, 1.807) is 12.1 Å². The Morgan fingerprint density at radius 3 is 2.53 bits per heavy atom. The van der Waals surface area contributed by atoms with E-state index in [-0.39, 0.29) is 17.6 Å². The van der Waals surface area contributed by atoms with E-state index in [9.17, 15) is 9.90 Å². The molecule has 36 heavy (non-hydrogen) atoms. The van der Waals surface area contributed by atoms with Crippen molar-refractivity contribution in [2.75, 3.05) is 31.5 Å². The lowest BCUT2D eigenvalue weighted by molar-refractivity contribution is 0.0696. The van der Waals surface area contributed by atoms with Crippen LogP contribution in [0.5, 0.6) is 0 Å². The number of allylic oxidation sites excluding steroid dienone is 2. The highest BCUT2D eigenvalue weighted by atomic mass is 16.4. The van der Waals surface area contributed by atoms with E-state index in [0.29, 0.717) is 30.9 Å². The van der Waals surface area contributed by atoms with Gasteiger partial charge in [-0.3, -0.25) is 0 Å². The molecule has 1 saturated heterocycles. The first-order valence-electron chi connectivity index (χ1n) is 12.7. The van der Waals surface area contributed by atoms with Crippen molar-refractivity contribution < 1.29 is 9.90 Å². The second kappa shape index (κ2) is 12.5. The van der Waals surface area contributed by atoms with Crippen molar-refractivity contribution in [1.29, 1.82) is 0 Å². The molecule has 2 heterocycles. The van der Waals surface area contributed by atoms with Gasteiger partial charge in [0.2, 0.25) is 0 Å². The van der Waals surface area contributed by atoms with Crippen molar-refractivity contribution in [3.8, 4) is 0 Å². The average molecular weight is 496 g/mol. The zero-order valence-electron chi connectivity index (χ0n) is 21.9. The lowest BCUT2D eigenvalue weighted by atomic mass is 9.80. The third kappa shape index (κ3) is 7.02. The molecule has 2 aliphatic heterocycles. The molecule has 3 atom stereocenters. The molecule has 0 aromatic heterocycles. The topological polar surface area (TPSA) is 141 Å². The summed E-state index contributed by atoms with van der Waals surface area (Å²) in [6, 6.07) is 5.54. The lowest BCUT2D eigenvalue weighted by Crippen LogP contribution is -2.44. The van der Waals surface area contributed by atoms with Gasteiger partial charge in [-0.15, -0.1) is 0 Å². The Labute approximate surface area is 214 Å². The second-order valence-electron chi connectivity index (χ2n) is 10.0. The number of nitrogens with two attached hydrogens (primary N) is 2. The number of hydrogen-bond donors (Lipinski definition) is 5. The highest BCUT2D eigenvalue weighted by molar-refractivity contribution is 5.89. The number of carbonyl (C=O) groups is 1. The van der Waals surface area contributed by atoms with Gasteiger partial charge in [0.05, 0.1) is 24.7 Å². The van der Waals surface area contributed by atoms with Gasteiger partial charge in [-0.05, 0) is 70.7 Å².